The Balaban J connectivity index is 1.32. The zero-order valence-electron chi connectivity index (χ0n) is 26.7. The summed E-state index contributed by atoms with van der Waals surface area (Å²) in [5, 5.41) is 20.4. The second-order valence-electron chi connectivity index (χ2n) is 12.4. The molecule has 10 nitrogen and oxygen atoms in total. The van der Waals surface area contributed by atoms with Crippen LogP contribution in [0.5, 0.6) is 11.5 Å². The van der Waals surface area contributed by atoms with Crippen LogP contribution in [-0.4, -0.2) is 50.9 Å². The first-order chi connectivity index (χ1) is 23.9. The van der Waals surface area contributed by atoms with Crippen molar-refractivity contribution in [2.24, 2.45) is 5.73 Å². The molecule has 2 aliphatic carbocycles. The third kappa shape index (κ3) is 6.34. The molecule has 2 heterocycles. The molecule has 1 atom stereocenters. The van der Waals surface area contributed by atoms with Crippen molar-refractivity contribution in [1.29, 1.82) is 0 Å². The van der Waals surface area contributed by atoms with Gasteiger partial charge in [-0.15, -0.1) is 0 Å². The Kier molecular flexibility index (Phi) is 8.65. The quantitative estimate of drug-likeness (QED) is 0.131. The summed E-state index contributed by atoms with van der Waals surface area (Å²) >= 11 is 12.9. The number of ether oxygens (including phenoxy) is 2. The average molecular weight is 723 g/mol. The number of rotatable bonds is 12. The molecule has 5 aromatic rings. The third-order valence-electron chi connectivity index (χ3n) is 8.69. The number of hydrogen-bond acceptors (Lipinski definition) is 7. The largest absolute Gasteiger partial charge is 0.491 e. The number of alkyl halides is 1. The molecule has 2 fully saturated rings. The number of pyridine rings is 1. The van der Waals surface area contributed by atoms with E-state index in [4.69, 9.17) is 43.4 Å². The van der Waals surface area contributed by atoms with Gasteiger partial charge in [0, 0.05) is 35.6 Å². The molecule has 50 heavy (non-hydrogen) atoms. The Morgan fingerprint density at radius 2 is 1.90 bits per heavy atom. The fourth-order valence-corrected chi connectivity index (χ4v) is 6.10. The number of carbonyl (C=O) groups excluding carboxylic acids is 2. The highest BCUT2D eigenvalue weighted by Crippen LogP contribution is 2.46. The van der Waals surface area contributed by atoms with Crippen LogP contribution in [0.4, 0.5) is 8.78 Å². The highest BCUT2D eigenvalue weighted by Gasteiger charge is 2.46. The highest BCUT2D eigenvalue weighted by atomic mass is 35.5. The van der Waals surface area contributed by atoms with Gasteiger partial charge in [-0.2, -0.15) is 5.10 Å². The lowest BCUT2D eigenvalue weighted by Crippen LogP contribution is -2.42. The molecule has 2 amide bonds. The SMILES string of the molecule is CCOc1c(C(N)=O)cc([C@@](O)(CNC(=O)c2cc(OC3CC3)c3nn(C4(F)CC4)cc3c2)c2cccc(F)c2)nc1-c1cccc(Cl)c1Cl. The summed E-state index contributed by atoms with van der Waals surface area (Å²) in [5.41, 5.74) is 4.17. The molecule has 0 bridgehead atoms. The topological polar surface area (TPSA) is 142 Å². The predicted molar refractivity (Wildman–Crippen MR) is 183 cm³/mol. The maximum Gasteiger partial charge on any atom is 0.252 e. The maximum absolute atomic E-state index is 14.9. The normalized spacial score (nSPS) is 16.1. The summed E-state index contributed by atoms with van der Waals surface area (Å²) in [6, 6.07) is 14.2. The van der Waals surface area contributed by atoms with E-state index in [1.807, 2.05) is 0 Å². The zero-order chi connectivity index (χ0) is 35.4. The standard InChI is InChI=1S/C36H31Cl2F2N5O5/c1-2-49-32-25(33(41)46)16-28(43-31(32)24-7-4-8-26(37)29(24)38)36(48,21-5-3-6-22(39)15-21)18-42-34(47)19-13-20-17-45(35(40)11-12-35)44-30(20)27(14-19)50-23-9-10-23/h3-8,13-17,23,48H,2,9-12,18H2,1H3,(H2,41,46)(H,42,47)/t36-/m1/s1. The Morgan fingerprint density at radius 3 is 2.58 bits per heavy atom. The predicted octanol–water partition coefficient (Wildman–Crippen LogP) is 6.67. The van der Waals surface area contributed by atoms with Crippen molar-refractivity contribution < 1.29 is 33.0 Å². The first-order valence-corrected chi connectivity index (χ1v) is 16.7. The summed E-state index contributed by atoms with van der Waals surface area (Å²) < 4.78 is 42.8. The molecule has 0 saturated heterocycles. The van der Waals surface area contributed by atoms with Gasteiger partial charge in [-0.3, -0.25) is 9.59 Å². The molecular formula is C36H31Cl2F2N5O5. The average Bonchev–Trinajstić information content (AvgIpc) is 4.02. The molecule has 14 heteroatoms. The van der Waals surface area contributed by atoms with E-state index in [-0.39, 0.29) is 62.1 Å². The smallest absolute Gasteiger partial charge is 0.252 e. The van der Waals surface area contributed by atoms with Gasteiger partial charge in [0.05, 0.1) is 40.6 Å². The van der Waals surface area contributed by atoms with Gasteiger partial charge >= 0.3 is 0 Å². The number of carbonyl (C=O) groups is 2. The molecule has 2 saturated carbocycles. The van der Waals surface area contributed by atoms with Crippen LogP contribution >= 0.6 is 23.2 Å². The summed E-state index contributed by atoms with van der Waals surface area (Å²) in [5.74, 6) is -3.44. The maximum atomic E-state index is 14.9. The molecule has 0 aliphatic heterocycles. The van der Waals surface area contributed by atoms with E-state index >= 15 is 0 Å². The first kappa shape index (κ1) is 33.7. The van der Waals surface area contributed by atoms with E-state index in [1.165, 1.54) is 35.0 Å². The van der Waals surface area contributed by atoms with E-state index in [9.17, 15) is 23.5 Å². The summed E-state index contributed by atoms with van der Waals surface area (Å²) in [7, 11) is 0. The van der Waals surface area contributed by atoms with Crippen LogP contribution in [0.3, 0.4) is 0 Å². The molecule has 0 radical (unpaired) electrons. The van der Waals surface area contributed by atoms with E-state index in [2.05, 4.69) is 10.4 Å². The number of nitrogens with one attached hydrogen (secondary N) is 1. The van der Waals surface area contributed by atoms with Crippen LogP contribution in [0, 0.1) is 5.82 Å². The number of nitrogens with zero attached hydrogens (tertiary/aromatic N) is 3. The van der Waals surface area contributed by atoms with Gasteiger partial charge in [0.1, 0.15) is 28.4 Å². The summed E-state index contributed by atoms with van der Waals surface area (Å²) in [6.07, 6.45) is 3.88. The number of nitrogens with two attached hydrogens (primary N) is 1. The Labute approximate surface area is 295 Å². The zero-order valence-corrected chi connectivity index (χ0v) is 28.2. The highest BCUT2D eigenvalue weighted by molar-refractivity contribution is 6.43. The van der Waals surface area contributed by atoms with Gasteiger partial charge in [0.25, 0.3) is 11.8 Å². The van der Waals surface area contributed by atoms with E-state index in [0.717, 1.165) is 18.9 Å². The minimum Gasteiger partial charge on any atom is -0.491 e. The number of primary amides is 1. The van der Waals surface area contributed by atoms with E-state index in [1.54, 1.807) is 37.4 Å². The van der Waals surface area contributed by atoms with Gasteiger partial charge in [-0.1, -0.05) is 47.5 Å². The number of aromatic nitrogens is 3. The second-order valence-corrected chi connectivity index (χ2v) is 13.2. The second kappa shape index (κ2) is 12.8. The Hall–Kier alpha value is -4.78. The molecule has 2 aromatic heterocycles. The number of aliphatic hydroxyl groups is 1. The van der Waals surface area contributed by atoms with Crippen LogP contribution in [0.2, 0.25) is 10.0 Å². The molecule has 0 unspecified atom stereocenters. The van der Waals surface area contributed by atoms with Crippen LogP contribution in [0.25, 0.3) is 22.2 Å². The lowest BCUT2D eigenvalue weighted by molar-refractivity contribution is 0.0663. The summed E-state index contributed by atoms with van der Waals surface area (Å²) in [4.78, 5) is 31.4. The monoisotopic (exact) mass is 721 g/mol. The molecule has 258 valence electrons. The van der Waals surface area contributed by atoms with Crippen molar-refractivity contribution >= 4 is 45.9 Å². The van der Waals surface area contributed by atoms with Crippen molar-refractivity contribution in [2.45, 2.75) is 50.1 Å². The number of hydrogen-bond donors (Lipinski definition) is 3. The minimum atomic E-state index is -2.23. The molecule has 7 rings (SSSR count). The Morgan fingerprint density at radius 1 is 1.14 bits per heavy atom. The lowest BCUT2D eigenvalue weighted by atomic mass is 9.88. The molecular weight excluding hydrogens is 691 g/mol. The van der Waals surface area contributed by atoms with E-state index in [0.29, 0.717) is 29.5 Å². The van der Waals surface area contributed by atoms with Gasteiger partial charge in [0.2, 0.25) is 5.79 Å². The minimum absolute atomic E-state index is 0.00292. The van der Waals surface area contributed by atoms with Crippen LogP contribution in [0.15, 0.2) is 66.9 Å². The van der Waals surface area contributed by atoms with Crippen LogP contribution in [-0.2, 0) is 11.4 Å². The van der Waals surface area contributed by atoms with Crippen LogP contribution < -0.4 is 20.5 Å². The van der Waals surface area contributed by atoms with Gasteiger partial charge in [0.15, 0.2) is 5.75 Å². The van der Waals surface area contributed by atoms with Crippen molar-refractivity contribution in [3.8, 4) is 22.8 Å². The molecule has 3 aromatic carbocycles. The fourth-order valence-electron chi connectivity index (χ4n) is 5.71. The van der Waals surface area contributed by atoms with Crippen molar-refractivity contribution in [3.05, 3.63) is 105 Å². The van der Waals surface area contributed by atoms with Crippen molar-refractivity contribution in [1.82, 2.24) is 20.1 Å². The number of amides is 2. The number of fused-ring (bicyclic) bond motifs is 1. The lowest BCUT2D eigenvalue weighted by Gasteiger charge is -2.30. The Bertz CT molecular complexity index is 2170. The first-order valence-electron chi connectivity index (χ1n) is 16.0. The van der Waals surface area contributed by atoms with Gasteiger partial charge < -0.3 is 25.6 Å². The van der Waals surface area contributed by atoms with Crippen molar-refractivity contribution in [3.63, 3.8) is 0 Å². The van der Waals surface area contributed by atoms with Gasteiger partial charge in [-0.05, 0) is 61.7 Å². The molecule has 0 spiro atoms. The van der Waals surface area contributed by atoms with E-state index < -0.39 is 35.6 Å². The number of benzene rings is 3. The summed E-state index contributed by atoms with van der Waals surface area (Å²) in [6.45, 7) is 1.28. The van der Waals surface area contributed by atoms with Crippen LogP contribution in [0.1, 0.15) is 64.6 Å². The fraction of sp³-hybridized carbons (Fsp3) is 0.278. The van der Waals surface area contributed by atoms with Gasteiger partial charge in [-0.25, -0.2) is 18.4 Å². The third-order valence-corrected chi connectivity index (χ3v) is 9.51. The number of halogens is 4. The molecule has 4 N–H and O–H groups in total. The molecule has 2 aliphatic rings. The van der Waals surface area contributed by atoms with Crippen molar-refractivity contribution in [2.75, 3.05) is 13.2 Å².